The summed E-state index contributed by atoms with van der Waals surface area (Å²) in [6, 6.07) is 15.6. The average Bonchev–Trinajstić information content (AvgIpc) is 3.02. The molecule has 1 atom stereocenters. The number of hydrogen-bond acceptors (Lipinski definition) is 2. The maximum Gasteiger partial charge on any atom is 0.416 e. The van der Waals surface area contributed by atoms with Crippen molar-refractivity contribution in [1.82, 2.24) is 10.2 Å². The van der Waals surface area contributed by atoms with E-state index < -0.39 is 59.4 Å². The molecule has 1 aliphatic rings. The van der Waals surface area contributed by atoms with Gasteiger partial charge in [-0.05, 0) is 60.4 Å². The van der Waals surface area contributed by atoms with E-state index in [4.69, 9.17) is 0 Å². The molecule has 0 heterocycles. The molecule has 1 aliphatic carbocycles. The van der Waals surface area contributed by atoms with Gasteiger partial charge >= 0.3 is 12.4 Å². The van der Waals surface area contributed by atoms with Gasteiger partial charge in [-0.1, -0.05) is 72.4 Å². The van der Waals surface area contributed by atoms with E-state index in [2.05, 4.69) is 29.0 Å². The summed E-state index contributed by atoms with van der Waals surface area (Å²) in [4.78, 5) is 26.3. The van der Waals surface area contributed by atoms with Crippen molar-refractivity contribution in [3.63, 3.8) is 0 Å². The van der Waals surface area contributed by atoms with Gasteiger partial charge in [0.2, 0.25) is 5.91 Å². The van der Waals surface area contributed by atoms with Crippen LogP contribution in [-0.2, 0) is 40.6 Å². The second kappa shape index (κ2) is 14.4. The first kappa shape index (κ1) is 34.6. The van der Waals surface area contributed by atoms with E-state index >= 15 is 4.39 Å². The summed E-state index contributed by atoms with van der Waals surface area (Å²) in [5.41, 5.74) is -4.31. The van der Waals surface area contributed by atoms with Gasteiger partial charge in [0.25, 0.3) is 5.91 Å². The predicted octanol–water partition coefficient (Wildman–Crippen LogP) is 7.50. The average molecular weight is 653 g/mol. The van der Waals surface area contributed by atoms with Crippen LogP contribution in [0.1, 0.15) is 46.7 Å². The zero-order valence-corrected chi connectivity index (χ0v) is 24.9. The van der Waals surface area contributed by atoms with Crippen LogP contribution in [0.3, 0.4) is 0 Å². The molecule has 2 amide bonds. The Bertz CT molecular complexity index is 1840. The van der Waals surface area contributed by atoms with E-state index in [1.165, 1.54) is 37.3 Å². The van der Waals surface area contributed by atoms with Crippen LogP contribution >= 0.6 is 0 Å². The molecule has 0 saturated heterocycles. The molecule has 0 aliphatic heterocycles. The maximum absolute atomic E-state index is 16.0. The van der Waals surface area contributed by atoms with Crippen molar-refractivity contribution in [2.45, 2.75) is 44.3 Å². The molecule has 0 saturated carbocycles. The quantitative estimate of drug-likeness (QED) is 0.213. The molecule has 0 radical (unpaired) electrons. The third-order valence-corrected chi connectivity index (χ3v) is 7.17. The summed E-state index contributed by atoms with van der Waals surface area (Å²) in [5.74, 6) is 9.28. The third kappa shape index (κ3) is 8.92. The molecule has 242 valence electrons. The highest BCUT2D eigenvalue weighted by molar-refractivity contribution is 5.93. The van der Waals surface area contributed by atoms with Gasteiger partial charge in [-0.15, -0.1) is 0 Å². The minimum Gasteiger partial charge on any atom is -0.341 e. The van der Waals surface area contributed by atoms with Crippen molar-refractivity contribution in [1.29, 1.82) is 0 Å². The van der Waals surface area contributed by atoms with Crippen LogP contribution in [0.15, 0.2) is 96.7 Å². The number of benzene rings is 3. The number of amides is 2. The fourth-order valence-corrected chi connectivity index (χ4v) is 4.95. The number of allylic oxidation sites excluding steroid dienone is 3. The number of alkyl halides is 7. The number of halogens is 7. The lowest BCUT2D eigenvalue weighted by Crippen LogP contribution is -2.34. The molecule has 0 bridgehead atoms. The van der Waals surface area contributed by atoms with Crippen molar-refractivity contribution in [3.05, 3.63) is 130 Å². The molecule has 1 N–H and O–H groups in total. The molecule has 0 spiro atoms. The van der Waals surface area contributed by atoms with Gasteiger partial charge in [0, 0.05) is 29.8 Å². The Labute approximate surface area is 267 Å². The fraction of sp³-hybridized carbons (Fsp3) is 0.222. The van der Waals surface area contributed by atoms with Gasteiger partial charge in [-0.3, -0.25) is 9.59 Å². The van der Waals surface area contributed by atoms with Crippen LogP contribution in [0.25, 0.3) is 0 Å². The fourth-order valence-electron chi connectivity index (χ4n) is 4.95. The van der Waals surface area contributed by atoms with Crippen LogP contribution in [0, 0.1) is 23.7 Å². The summed E-state index contributed by atoms with van der Waals surface area (Å²) in [5, 5.41) is 2.63. The Morgan fingerprint density at radius 3 is 2.26 bits per heavy atom. The zero-order valence-electron chi connectivity index (χ0n) is 24.9. The van der Waals surface area contributed by atoms with Gasteiger partial charge < -0.3 is 10.2 Å². The Morgan fingerprint density at radius 1 is 0.915 bits per heavy atom. The van der Waals surface area contributed by atoms with Gasteiger partial charge in [-0.2, -0.15) is 26.3 Å². The Kier molecular flexibility index (Phi) is 10.6. The first-order valence-electron chi connectivity index (χ1n) is 14.2. The molecule has 4 rings (SSSR count). The topological polar surface area (TPSA) is 49.4 Å². The van der Waals surface area contributed by atoms with E-state index in [1.54, 1.807) is 24.3 Å². The molecule has 0 aromatic heterocycles. The lowest BCUT2D eigenvalue weighted by molar-refractivity contribution is -0.139. The first-order valence-corrected chi connectivity index (χ1v) is 14.2. The summed E-state index contributed by atoms with van der Waals surface area (Å²) in [6.07, 6.45) is -7.51. The van der Waals surface area contributed by atoms with E-state index in [1.807, 2.05) is 0 Å². The lowest BCUT2D eigenvalue weighted by atomic mass is 9.85. The Balaban J connectivity index is 1.63. The molecule has 47 heavy (non-hydrogen) atoms. The highest BCUT2D eigenvalue weighted by atomic mass is 19.4. The lowest BCUT2D eigenvalue weighted by Gasteiger charge is -2.30. The van der Waals surface area contributed by atoms with Gasteiger partial charge in [0.15, 0.2) is 5.67 Å². The van der Waals surface area contributed by atoms with E-state index in [0.29, 0.717) is 11.1 Å². The Hall–Kier alpha value is -5.29. The smallest absolute Gasteiger partial charge is 0.341 e. The van der Waals surface area contributed by atoms with Gasteiger partial charge in [-0.25, -0.2) is 4.39 Å². The maximum atomic E-state index is 16.0. The first-order chi connectivity index (χ1) is 22.2. The third-order valence-electron chi connectivity index (χ3n) is 7.17. The van der Waals surface area contributed by atoms with E-state index in [0.717, 1.165) is 41.3 Å². The molecule has 1 unspecified atom stereocenters. The van der Waals surface area contributed by atoms with E-state index in [-0.39, 0.29) is 24.4 Å². The Morgan fingerprint density at radius 2 is 1.60 bits per heavy atom. The van der Waals surface area contributed by atoms with Crippen LogP contribution in [0.5, 0.6) is 0 Å². The van der Waals surface area contributed by atoms with Crippen molar-refractivity contribution in [2.24, 2.45) is 0 Å². The van der Waals surface area contributed by atoms with Gasteiger partial charge in [0.05, 0.1) is 24.1 Å². The molecule has 0 fully saturated rings. The standard InChI is InChI=1S/C36H27F7N2O2/c1-2-9-32(46)44-24-26-11-7-10-25(22-26)12-8-21-45(33(47)23-27-13-3-4-14-29(27)35(38,39)40)28-17-19-34(37,20-18-28)30-15-5-6-16-31(30)36(41,42)43/h3-7,10-11,13-19,22H,20-21,23-24H2,1H3,(H,44,46). The molecular weight excluding hydrogens is 625 g/mol. The summed E-state index contributed by atoms with van der Waals surface area (Å²) in [7, 11) is 0. The number of hydrogen-bond donors (Lipinski definition) is 1. The summed E-state index contributed by atoms with van der Waals surface area (Å²) in [6.45, 7) is 1.38. The van der Waals surface area contributed by atoms with Crippen LogP contribution in [-0.4, -0.2) is 23.3 Å². The van der Waals surface area contributed by atoms with Crippen LogP contribution in [0.4, 0.5) is 30.7 Å². The molecule has 4 nitrogen and oxygen atoms in total. The molecule has 3 aromatic carbocycles. The minimum atomic E-state index is -4.82. The monoisotopic (exact) mass is 652 g/mol. The highest BCUT2D eigenvalue weighted by Crippen LogP contribution is 2.43. The second-order valence-corrected chi connectivity index (χ2v) is 10.4. The summed E-state index contributed by atoms with van der Waals surface area (Å²) < 4.78 is 97.9. The number of rotatable bonds is 7. The van der Waals surface area contributed by atoms with Crippen molar-refractivity contribution >= 4 is 11.8 Å². The van der Waals surface area contributed by atoms with Gasteiger partial charge in [0.1, 0.15) is 0 Å². The second-order valence-electron chi connectivity index (χ2n) is 10.4. The SMILES string of the molecule is CC#CC(=O)NCc1cccc(C#CCN(C(=O)Cc2ccccc2C(F)(F)F)C2=CCC(F)(c3ccccc3C(F)(F)F)C=C2)c1. The van der Waals surface area contributed by atoms with E-state index in [9.17, 15) is 35.9 Å². The number of carbonyl (C=O) groups excluding carboxylic acids is 2. The van der Waals surface area contributed by atoms with Crippen LogP contribution < -0.4 is 5.32 Å². The summed E-state index contributed by atoms with van der Waals surface area (Å²) >= 11 is 0. The number of nitrogens with zero attached hydrogens (tertiary/aromatic N) is 1. The minimum absolute atomic E-state index is 0.0695. The van der Waals surface area contributed by atoms with Crippen LogP contribution in [0.2, 0.25) is 0 Å². The molecule has 3 aromatic rings. The number of nitrogens with one attached hydrogen (secondary N) is 1. The predicted molar refractivity (Wildman–Crippen MR) is 162 cm³/mol. The highest BCUT2D eigenvalue weighted by Gasteiger charge is 2.41. The van der Waals surface area contributed by atoms with Crippen molar-refractivity contribution < 1.29 is 40.3 Å². The zero-order chi connectivity index (χ0) is 34.2. The van der Waals surface area contributed by atoms with Crippen molar-refractivity contribution in [3.8, 4) is 23.7 Å². The molecule has 11 heteroatoms. The normalized spacial score (nSPS) is 15.8. The number of carbonyl (C=O) groups is 2. The largest absolute Gasteiger partial charge is 0.416 e. The van der Waals surface area contributed by atoms with Crippen molar-refractivity contribution in [2.75, 3.05) is 6.54 Å². The molecular formula is C36H27F7N2O2.